The lowest BCUT2D eigenvalue weighted by molar-refractivity contribution is -0.116. The largest absolute Gasteiger partial charge is 0.272 e. The Morgan fingerprint density at radius 2 is 2.13 bits per heavy atom. The fourth-order valence-electron chi connectivity index (χ4n) is 2.14. The van der Waals surface area contributed by atoms with Gasteiger partial charge in [0.2, 0.25) is 5.13 Å². The summed E-state index contributed by atoms with van der Waals surface area (Å²) < 4.78 is 1.95. The van der Waals surface area contributed by atoms with Crippen molar-refractivity contribution in [2.75, 3.05) is 10.8 Å². The zero-order valence-electron chi connectivity index (χ0n) is 12.1. The summed E-state index contributed by atoms with van der Waals surface area (Å²) >= 11 is 4.59. The van der Waals surface area contributed by atoms with E-state index in [-0.39, 0.29) is 5.91 Å². The SMILES string of the molecule is Cc1nnc(SCC2=NN(c3nc4ccccc4s3)C(=O)C2)s1. The zero-order chi connectivity index (χ0) is 15.8. The molecule has 0 fully saturated rings. The zero-order valence-corrected chi connectivity index (χ0v) is 14.5. The van der Waals surface area contributed by atoms with Crippen molar-refractivity contribution in [1.29, 1.82) is 0 Å². The van der Waals surface area contributed by atoms with Gasteiger partial charge in [0, 0.05) is 5.75 Å². The van der Waals surface area contributed by atoms with E-state index in [4.69, 9.17) is 0 Å². The van der Waals surface area contributed by atoms with Gasteiger partial charge in [-0.15, -0.1) is 10.2 Å². The molecule has 3 aromatic rings. The number of hydrogen-bond donors (Lipinski definition) is 0. The molecule has 0 N–H and O–H groups in total. The molecule has 6 nitrogen and oxygen atoms in total. The quantitative estimate of drug-likeness (QED) is 0.667. The smallest absolute Gasteiger partial charge is 0.255 e. The van der Waals surface area contributed by atoms with Gasteiger partial charge in [-0.1, -0.05) is 46.6 Å². The van der Waals surface area contributed by atoms with Crippen LogP contribution in [0.25, 0.3) is 10.2 Å². The molecule has 0 atom stereocenters. The minimum Gasteiger partial charge on any atom is -0.272 e. The van der Waals surface area contributed by atoms with Gasteiger partial charge in [0.1, 0.15) is 5.01 Å². The third-order valence-electron chi connectivity index (χ3n) is 3.17. The summed E-state index contributed by atoms with van der Waals surface area (Å²) in [5.74, 6) is 0.606. The molecule has 1 aromatic carbocycles. The fraction of sp³-hybridized carbons (Fsp3) is 0.214. The molecule has 9 heteroatoms. The predicted molar refractivity (Wildman–Crippen MR) is 94.5 cm³/mol. The predicted octanol–water partition coefficient (Wildman–Crippen LogP) is 3.34. The topological polar surface area (TPSA) is 71.3 Å². The molecular weight excluding hydrogens is 350 g/mol. The first-order valence-corrected chi connectivity index (χ1v) is 9.49. The van der Waals surface area contributed by atoms with E-state index in [0.29, 0.717) is 17.3 Å². The third-order valence-corrected chi connectivity index (χ3v) is 6.22. The van der Waals surface area contributed by atoms with Crippen LogP contribution in [-0.4, -0.2) is 32.6 Å². The maximum atomic E-state index is 12.2. The Morgan fingerprint density at radius 1 is 1.26 bits per heavy atom. The van der Waals surface area contributed by atoms with Gasteiger partial charge < -0.3 is 0 Å². The van der Waals surface area contributed by atoms with Crippen LogP contribution in [0, 0.1) is 6.92 Å². The van der Waals surface area contributed by atoms with E-state index in [2.05, 4.69) is 20.3 Å². The molecule has 0 bridgehead atoms. The van der Waals surface area contributed by atoms with Crippen molar-refractivity contribution in [3.8, 4) is 0 Å². The Labute approximate surface area is 144 Å². The first-order valence-electron chi connectivity index (χ1n) is 6.87. The van der Waals surface area contributed by atoms with Crippen LogP contribution >= 0.6 is 34.4 Å². The standard InChI is InChI=1S/C14H11N5OS3/c1-8-16-17-14(22-8)21-7-9-6-12(20)19(18-9)13-15-10-4-2-3-5-11(10)23-13/h2-5H,6-7H2,1H3. The summed E-state index contributed by atoms with van der Waals surface area (Å²) in [5, 5.41) is 15.5. The molecule has 0 spiro atoms. The van der Waals surface area contributed by atoms with E-state index < -0.39 is 0 Å². The molecule has 1 aliphatic rings. The number of benzene rings is 1. The summed E-state index contributed by atoms with van der Waals surface area (Å²) in [6.45, 7) is 1.92. The molecule has 1 aliphatic heterocycles. The van der Waals surface area contributed by atoms with Crippen molar-refractivity contribution in [1.82, 2.24) is 15.2 Å². The van der Waals surface area contributed by atoms with Gasteiger partial charge in [0.25, 0.3) is 5.91 Å². The van der Waals surface area contributed by atoms with E-state index in [0.717, 1.165) is 25.3 Å². The van der Waals surface area contributed by atoms with Crippen LogP contribution in [0.5, 0.6) is 0 Å². The number of nitrogens with zero attached hydrogens (tertiary/aromatic N) is 5. The molecule has 0 radical (unpaired) electrons. The van der Waals surface area contributed by atoms with Crippen molar-refractivity contribution in [2.24, 2.45) is 5.10 Å². The van der Waals surface area contributed by atoms with Crippen LogP contribution in [0.3, 0.4) is 0 Å². The molecule has 1 amide bonds. The van der Waals surface area contributed by atoms with Crippen molar-refractivity contribution < 1.29 is 4.79 Å². The summed E-state index contributed by atoms with van der Waals surface area (Å²) in [6.07, 6.45) is 0.334. The van der Waals surface area contributed by atoms with Crippen LogP contribution in [0.15, 0.2) is 33.7 Å². The number of carbonyl (C=O) groups is 1. The fourth-order valence-corrected chi connectivity index (χ4v) is 4.82. The number of thioether (sulfide) groups is 1. The number of carbonyl (C=O) groups excluding carboxylic acids is 1. The van der Waals surface area contributed by atoms with Crippen LogP contribution in [-0.2, 0) is 4.79 Å². The van der Waals surface area contributed by atoms with Gasteiger partial charge in [-0.05, 0) is 19.1 Å². The Kier molecular flexibility index (Phi) is 3.83. The number of rotatable bonds is 4. The molecule has 0 saturated carbocycles. The average molecular weight is 361 g/mol. The van der Waals surface area contributed by atoms with Crippen LogP contribution in [0.4, 0.5) is 5.13 Å². The molecule has 116 valence electrons. The molecule has 0 unspecified atom stereocenters. The van der Waals surface area contributed by atoms with E-state index in [1.165, 1.54) is 16.3 Å². The van der Waals surface area contributed by atoms with Crippen molar-refractivity contribution in [2.45, 2.75) is 17.7 Å². The second-order valence-corrected chi connectivity index (χ2v) is 8.30. The van der Waals surface area contributed by atoms with Crippen molar-refractivity contribution in [3.05, 3.63) is 29.3 Å². The number of para-hydroxylation sites is 1. The maximum absolute atomic E-state index is 12.2. The van der Waals surface area contributed by atoms with Crippen LogP contribution < -0.4 is 5.01 Å². The summed E-state index contributed by atoms with van der Waals surface area (Å²) in [6, 6.07) is 7.84. The maximum Gasteiger partial charge on any atom is 0.255 e. The average Bonchev–Trinajstić information content (AvgIpc) is 3.23. The highest BCUT2D eigenvalue weighted by Gasteiger charge is 2.27. The highest BCUT2D eigenvalue weighted by Crippen LogP contribution is 2.31. The van der Waals surface area contributed by atoms with Gasteiger partial charge in [-0.2, -0.15) is 10.1 Å². The van der Waals surface area contributed by atoms with Gasteiger partial charge in [-0.3, -0.25) is 4.79 Å². The Balaban J connectivity index is 1.52. The summed E-state index contributed by atoms with van der Waals surface area (Å²) in [4.78, 5) is 16.7. The molecule has 4 rings (SSSR count). The van der Waals surface area contributed by atoms with Gasteiger partial charge in [-0.25, -0.2) is 4.98 Å². The van der Waals surface area contributed by atoms with Crippen LogP contribution in [0.2, 0.25) is 0 Å². The number of amides is 1. The number of thiazole rings is 1. The molecule has 23 heavy (non-hydrogen) atoms. The Morgan fingerprint density at radius 3 is 2.91 bits per heavy atom. The van der Waals surface area contributed by atoms with Crippen molar-refractivity contribution in [3.63, 3.8) is 0 Å². The highest BCUT2D eigenvalue weighted by atomic mass is 32.2. The summed E-state index contributed by atoms with van der Waals surface area (Å²) in [7, 11) is 0. The summed E-state index contributed by atoms with van der Waals surface area (Å²) in [5.41, 5.74) is 1.73. The first-order chi connectivity index (χ1) is 11.2. The van der Waals surface area contributed by atoms with E-state index >= 15 is 0 Å². The van der Waals surface area contributed by atoms with Gasteiger partial charge >= 0.3 is 0 Å². The normalized spacial score (nSPS) is 14.7. The van der Waals surface area contributed by atoms with E-state index in [1.807, 2.05) is 31.2 Å². The second-order valence-electron chi connectivity index (χ2n) is 4.89. The number of hydrazone groups is 1. The number of aryl methyl sites for hydroxylation is 1. The monoisotopic (exact) mass is 361 g/mol. The third kappa shape index (κ3) is 2.99. The first kappa shape index (κ1) is 14.7. The molecule has 0 saturated heterocycles. The lowest BCUT2D eigenvalue weighted by atomic mass is 10.3. The number of aromatic nitrogens is 3. The minimum atomic E-state index is -0.0342. The number of hydrogen-bond acceptors (Lipinski definition) is 8. The van der Waals surface area contributed by atoms with Gasteiger partial charge in [0.15, 0.2) is 4.34 Å². The molecule has 2 aromatic heterocycles. The lowest BCUT2D eigenvalue weighted by Crippen LogP contribution is -2.19. The molecule has 0 aliphatic carbocycles. The molecule has 3 heterocycles. The van der Waals surface area contributed by atoms with Gasteiger partial charge in [0.05, 0.1) is 22.3 Å². The van der Waals surface area contributed by atoms with Crippen molar-refractivity contribution >= 4 is 61.4 Å². The number of fused-ring (bicyclic) bond motifs is 1. The lowest BCUT2D eigenvalue weighted by Gasteiger charge is -2.05. The minimum absolute atomic E-state index is 0.0342. The number of anilines is 1. The van der Waals surface area contributed by atoms with Crippen LogP contribution in [0.1, 0.15) is 11.4 Å². The molecular formula is C14H11N5OS3. The van der Waals surface area contributed by atoms with E-state index in [9.17, 15) is 4.79 Å². The second kappa shape index (κ2) is 5.99. The van der Waals surface area contributed by atoms with E-state index in [1.54, 1.807) is 23.1 Å². The Bertz CT molecular complexity index is 883. The highest BCUT2D eigenvalue weighted by molar-refractivity contribution is 8.01. The Hall–Kier alpha value is -1.84.